The Hall–Kier alpha value is -0.160. The van der Waals surface area contributed by atoms with Crippen LogP contribution in [0.1, 0.15) is 95.9 Å². The maximum absolute atomic E-state index is 10.2. The molecule has 0 aliphatic heterocycles. The van der Waals surface area contributed by atoms with Crippen LogP contribution < -0.4 is 0 Å². The highest BCUT2D eigenvalue weighted by atomic mass is 16.7. The van der Waals surface area contributed by atoms with Crippen LogP contribution in [0, 0.1) is 5.41 Å². The molecule has 4 heteroatoms. The third-order valence-corrected chi connectivity index (χ3v) is 4.39. The first-order valence-corrected chi connectivity index (χ1v) is 8.93. The van der Waals surface area contributed by atoms with Crippen molar-refractivity contribution in [2.75, 3.05) is 0 Å². The number of hydrogen-bond acceptors (Lipinski definition) is 4. The SMILES string of the molecule is CC(C)(O)CC(C)(C)OC(C)(C)OC(C)(C)C(C)(C)CC(C)(C)O. The molecule has 0 radical (unpaired) electrons. The van der Waals surface area contributed by atoms with Gasteiger partial charge in [-0.3, -0.25) is 0 Å². The standard InChI is InChI=1S/C20H42O4/c1-15(2,13-16(3,4)21)19(9,10)24-20(11,12)23-18(7,8)14-17(5,6)22/h21-22H,13-14H2,1-12H3. The molecule has 0 unspecified atom stereocenters. The summed E-state index contributed by atoms with van der Waals surface area (Å²) in [4.78, 5) is 0. The fourth-order valence-electron chi connectivity index (χ4n) is 3.81. The maximum atomic E-state index is 10.2. The smallest absolute Gasteiger partial charge is 0.164 e. The number of ether oxygens (including phenoxy) is 2. The lowest BCUT2D eigenvalue weighted by Crippen LogP contribution is -2.52. The molecular weight excluding hydrogens is 304 g/mol. The van der Waals surface area contributed by atoms with Crippen LogP contribution >= 0.6 is 0 Å². The summed E-state index contributed by atoms with van der Waals surface area (Å²) in [5.41, 5.74) is -2.88. The Morgan fingerprint density at radius 1 is 0.583 bits per heavy atom. The van der Waals surface area contributed by atoms with Crippen LogP contribution in [0.2, 0.25) is 0 Å². The van der Waals surface area contributed by atoms with E-state index >= 15 is 0 Å². The van der Waals surface area contributed by atoms with Gasteiger partial charge in [-0.05, 0) is 81.1 Å². The summed E-state index contributed by atoms with van der Waals surface area (Å²) in [5.74, 6) is -0.824. The summed E-state index contributed by atoms with van der Waals surface area (Å²) in [6.07, 6.45) is 1.11. The van der Waals surface area contributed by atoms with E-state index in [-0.39, 0.29) is 5.41 Å². The van der Waals surface area contributed by atoms with Gasteiger partial charge in [-0.2, -0.15) is 0 Å². The molecule has 0 saturated carbocycles. The van der Waals surface area contributed by atoms with Crippen molar-refractivity contribution in [3.8, 4) is 0 Å². The Kier molecular flexibility index (Phi) is 6.82. The molecule has 146 valence electrons. The molecule has 0 atom stereocenters. The van der Waals surface area contributed by atoms with E-state index in [9.17, 15) is 10.2 Å². The van der Waals surface area contributed by atoms with Crippen molar-refractivity contribution in [2.45, 2.75) is 124 Å². The molecule has 2 N–H and O–H groups in total. The molecule has 0 aromatic carbocycles. The zero-order valence-electron chi connectivity index (χ0n) is 18.1. The fraction of sp³-hybridized carbons (Fsp3) is 1.00. The predicted molar refractivity (Wildman–Crippen MR) is 100 cm³/mol. The molecular formula is C20H42O4. The van der Waals surface area contributed by atoms with Crippen molar-refractivity contribution in [1.29, 1.82) is 0 Å². The highest BCUT2D eigenvalue weighted by Crippen LogP contribution is 2.43. The van der Waals surface area contributed by atoms with Crippen LogP contribution in [-0.4, -0.2) is 38.4 Å². The summed E-state index contributed by atoms with van der Waals surface area (Å²) in [5, 5.41) is 20.3. The maximum Gasteiger partial charge on any atom is 0.164 e. The van der Waals surface area contributed by atoms with E-state index in [0.29, 0.717) is 12.8 Å². The van der Waals surface area contributed by atoms with E-state index in [1.54, 1.807) is 13.8 Å². The first-order chi connectivity index (χ1) is 10.1. The minimum atomic E-state index is -0.824. The number of hydrogen-bond donors (Lipinski definition) is 2. The van der Waals surface area contributed by atoms with Gasteiger partial charge in [0.25, 0.3) is 0 Å². The highest BCUT2D eigenvalue weighted by Gasteiger charge is 2.46. The van der Waals surface area contributed by atoms with E-state index in [2.05, 4.69) is 13.8 Å². The van der Waals surface area contributed by atoms with Crippen LogP contribution in [-0.2, 0) is 9.47 Å². The normalized spacial score (nSPS) is 15.8. The Balaban J connectivity index is 5.19. The molecule has 0 aromatic rings. The first kappa shape index (κ1) is 23.8. The van der Waals surface area contributed by atoms with Crippen molar-refractivity contribution in [2.24, 2.45) is 5.41 Å². The number of aliphatic hydroxyl groups is 2. The van der Waals surface area contributed by atoms with Gasteiger partial charge in [0.05, 0.1) is 22.4 Å². The molecule has 0 amide bonds. The topological polar surface area (TPSA) is 58.9 Å². The van der Waals surface area contributed by atoms with Crippen molar-refractivity contribution < 1.29 is 19.7 Å². The van der Waals surface area contributed by atoms with Crippen molar-refractivity contribution in [1.82, 2.24) is 0 Å². The van der Waals surface area contributed by atoms with Crippen LogP contribution in [0.15, 0.2) is 0 Å². The summed E-state index contributed by atoms with van der Waals surface area (Å²) in [6, 6.07) is 0. The first-order valence-electron chi connectivity index (χ1n) is 8.93. The summed E-state index contributed by atoms with van der Waals surface area (Å²) in [6.45, 7) is 23.2. The summed E-state index contributed by atoms with van der Waals surface area (Å²) >= 11 is 0. The second-order valence-electron chi connectivity index (χ2n) is 10.7. The largest absolute Gasteiger partial charge is 0.390 e. The van der Waals surface area contributed by atoms with Crippen LogP contribution in [0.5, 0.6) is 0 Å². The van der Waals surface area contributed by atoms with E-state index in [4.69, 9.17) is 9.47 Å². The molecule has 0 saturated heterocycles. The lowest BCUT2D eigenvalue weighted by atomic mass is 9.70. The fourth-order valence-corrected chi connectivity index (χ4v) is 3.81. The van der Waals surface area contributed by atoms with Crippen molar-refractivity contribution in [3.63, 3.8) is 0 Å². The minimum Gasteiger partial charge on any atom is -0.390 e. The van der Waals surface area contributed by atoms with Gasteiger partial charge in [0.1, 0.15) is 0 Å². The summed E-state index contributed by atoms with van der Waals surface area (Å²) in [7, 11) is 0. The molecule has 0 heterocycles. The third-order valence-electron chi connectivity index (χ3n) is 4.39. The molecule has 4 nitrogen and oxygen atoms in total. The van der Waals surface area contributed by atoms with Gasteiger partial charge in [0.15, 0.2) is 5.79 Å². The zero-order chi connectivity index (χ0) is 19.8. The lowest BCUT2D eigenvalue weighted by Gasteiger charge is -2.49. The van der Waals surface area contributed by atoms with Gasteiger partial charge >= 0.3 is 0 Å². The van der Waals surface area contributed by atoms with E-state index in [1.807, 2.05) is 55.4 Å². The minimum absolute atomic E-state index is 0.258. The van der Waals surface area contributed by atoms with E-state index < -0.39 is 28.2 Å². The van der Waals surface area contributed by atoms with E-state index in [1.165, 1.54) is 0 Å². The van der Waals surface area contributed by atoms with Gasteiger partial charge < -0.3 is 19.7 Å². The zero-order valence-corrected chi connectivity index (χ0v) is 18.1. The van der Waals surface area contributed by atoms with Crippen LogP contribution in [0.3, 0.4) is 0 Å². The second-order valence-corrected chi connectivity index (χ2v) is 10.7. The Labute approximate surface area is 149 Å². The van der Waals surface area contributed by atoms with E-state index in [0.717, 1.165) is 0 Å². The van der Waals surface area contributed by atoms with Crippen LogP contribution in [0.4, 0.5) is 0 Å². The lowest BCUT2D eigenvalue weighted by molar-refractivity contribution is -0.322. The average Bonchev–Trinajstić information content (AvgIpc) is 2.01. The predicted octanol–water partition coefficient (Wildman–Crippen LogP) is 4.66. The molecule has 0 aliphatic carbocycles. The Morgan fingerprint density at radius 3 is 1.29 bits per heavy atom. The molecule has 0 aliphatic rings. The van der Waals surface area contributed by atoms with Gasteiger partial charge in [-0.15, -0.1) is 0 Å². The monoisotopic (exact) mass is 346 g/mol. The summed E-state index contributed by atoms with van der Waals surface area (Å²) < 4.78 is 12.6. The van der Waals surface area contributed by atoms with Gasteiger partial charge in [0, 0.05) is 6.42 Å². The van der Waals surface area contributed by atoms with Crippen molar-refractivity contribution in [3.05, 3.63) is 0 Å². The molecule has 0 bridgehead atoms. The molecule has 0 spiro atoms. The molecule has 0 aromatic heterocycles. The molecule has 0 rings (SSSR count). The highest BCUT2D eigenvalue weighted by molar-refractivity contribution is 4.93. The third kappa shape index (κ3) is 8.80. The second kappa shape index (κ2) is 6.86. The van der Waals surface area contributed by atoms with Crippen LogP contribution in [0.25, 0.3) is 0 Å². The Bertz CT molecular complexity index is 406. The quantitative estimate of drug-likeness (QED) is 0.596. The molecule has 24 heavy (non-hydrogen) atoms. The Morgan fingerprint density at radius 2 is 0.958 bits per heavy atom. The van der Waals surface area contributed by atoms with Gasteiger partial charge in [-0.1, -0.05) is 13.8 Å². The molecule has 0 fully saturated rings. The number of rotatable bonds is 9. The van der Waals surface area contributed by atoms with Gasteiger partial charge in [0.2, 0.25) is 0 Å². The average molecular weight is 347 g/mol. The van der Waals surface area contributed by atoms with Crippen molar-refractivity contribution >= 4 is 0 Å². The van der Waals surface area contributed by atoms with Gasteiger partial charge in [-0.25, -0.2) is 0 Å².